The minimum Gasteiger partial charge on any atom is -0.348 e. The summed E-state index contributed by atoms with van der Waals surface area (Å²) >= 11 is 0. The van der Waals surface area contributed by atoms with Gasteiger partial charge in [0.1, 0.15) is 0 Å². The summed E-state index contributed by atoms with van der Waals surface area (Å²) in [6.45, 7) is 2.31. The monoisotopic (exact) mass is 269 g/mol. The van der Waals surface area contributed by atoms with Gasteiger partial charge >= 0.3 is 0 Å². The van der Waals surface area contributed by atoms with Crippen molar-refractivity contribution in [3.05, 3.63) is 54.4 Å². The van der Waals surface area contributed by atoms with Gasteiger partial charge in [-0.05, 0) is 42.8 Å². The van der Waals surface area contributed by atoms with Crippen LogP contribution in [0.4, 0.5) is 0 Å². The van der Waals surface area contributed by atoms with Crippen molar-refractivity contribution in [2.75, 3.05) is 13.6 Å². The molecule has 20 heavy (non-hydrogen) atoms. The molecular weight excluding hydrogens is 250 g/mol. The fourth-order valence-electron chi connectivity index (χ4n) is 2.05. The van der Waals surface area contributed by atoms with Crippen molar-refractivity contribution in [2.45, 2.75) is 13.0 Å². The van der Waals surface area contributed by atoms with Crippen LogP contribution in [0.5, 0.6) is 0 Å². The van der Waals surface area contributed by atoms with Crippen molar-refractivity contribution in [2.24, 2.45) is 0 Å². The molecule has 1 amide bonds. The van der Waals surface area contributed by atoms with E-state index in [-0.39, 0.29) is 11.9 Å². The van der Waals surface area contributed by atoms with E-state index in [9.17, 15) is 4.79 Å². The molecule has 104 valence electrons. The molecule has 0 aliphatic carbocycles. The summed E-state index contributed by atoms with van der Waals surface area (Å²) in [4.78, 5) is 15.5. The fourth-order valence-corrected chi connectivity index (χ4v) is 2.05. The zero-order chi connectivity index (χ0) is 14.4. The van der Waals surface area contributed by atoms with Crippen LogP contribution in [0.2, 0.25) is 0 Å². The summed E-state index contributed by atoms with van der Waals surface area (Å²) in [7, 11) is 1.76. The third-order valence-corrected chi connectivity index (χ3v) is 3.14. The molecule has 0 radical (unpaired) electrons. The van der Waals surface area contributed by atoms with Gasteiger partial charge in [-0.3, -0.25) is 9.78 Å². The molecule has 1 unspecified atom stereocenters. The lowest BCUT2D eigenvalue weighted by Crippen LogP contribution is -2.33. The van der Waals surface area contributed by atoms with Gasteiger partial charge in [-0.1, -0.05) is 24.3 Å². The first kappa shape index (κ1) is 14.2. The highest BCUT2D eigenvalue weighted by atomic mass is 16.1. The van der Waals surface area contributed by atoms with E-state index in [0.717, 1.165) is 16.7 Å². The average Bonchev–Trinajstić information content (AvgIpc) is 2.48. The lowest BCUT2D eigenvalue weighted by molar-refractivity contribution is -0.120. The van der Waals surface area contributed by atoms with E-state index in [2.05, 4.69) is 27.8 Å². The first-order chi connectivity index (χ1) is 9.70. The van der Waals surface area contributed by atoms with Crippen molar-refractivity contribution < 1.29 is 4.79 Å². The average molecular weight is 269 g/mol. The Morgan fingerprint density at radius 2 is 1.70 bits per heavy atom. The Hall–Kier alpha value is -2.20. The molecule has 2 N–H and O–H groups in total. The smallest absolute Gasteiger partial charge is 0.234 e. The number of likely N-dealkylation sites (N-methyl/N-ethyl adjacent to an activating group) is 1. The summed E-state index contributed by atoms with van der Waals surface area (Å²) in [6.07, 6.45) is 3.56. The fraction of sp³-hybridized carbons (Fsp3) is 0.250. The number of benzene rings is 1. The van der Waals surface area contributed by atoms with E-state index in [4.69, 9.17) is 0 Å². The standard InChI is InChI=1S/C16H19N3O/c1-12(19-16(20)11-17-2)13-3-5-14(6-4-13)15-7-9-18-10-8-15/h3-10,12,17H,11H2,1-2H3,(H,19,20). The molecule has 0 spiro atoms. The Balaban J connectivity index is 2.06. The number of nitrogens with one attached hydrogen (secondary N) is 2. The highest BCUT2D eigenvalue weighted by Crippen LogP contribution is 2.21. The zero-order valence-electron chi connectivity index (χ0n) is 11.8. The van der Waals surface area contributed by atoms with Gasteiger partial charge in [0.25, 0.3) is 0 Å². The Kier molecular flexibility index (Phi) is 4.85. The molecule has 2 aromatic rings. The number of carbonyl (C=O) groups is 1. The van der Waals surface area contributed by atoms with Gasteiger partial charge in [-0.15, -0.1) is 0 Å². The number of nitrogens with zero attached hydrogens (tertiary/aromatic N) is 1. The summed E-state index contributed by atoms with van der Waals surface area (Å²) in [5.41, 5.74) is 3.37. The molecular formula is C16H19N3O. The van der Waals surface area contributed by atoms with Crippen LogP contribution in [-0.2, 0) is 4.79 Å². The van der Waals surface area contributed by atoms with Gasteiger partial charge < -0.3 is 10.6 Å². The van der Waals surface area contributed by atoms with Crippen LogP contribution in [0.15, 0.2) is 48.8 Å². The number of rotatable bonds is 5. The molecule has 0 bridgehead atoms. The second kappa shape index (κ2) is 6.82. The Morgan fingerprint density at radius 3 is 2.30 bits per heavy atom. The molecule has 0 fully saturated rings. The van der Waals surface area contributed by atoms with Gasteiger partial charge in [-0.2, -0.15) is 0 Å². The van der Waals surface area contributed by atoms with E-state index in [1.165, 1.54) is 0 Å². The van der Waals surface area contributed by atoms with Crippen molar-refractivity contribution in [3.63, 3.8) is 0 Å². The lowest BCUT2D eigenvalue weighted by atomic mass is 10.0. The number of hydrogen-bond acceptors (Lipinski definition) is 3. The van der Waals surface area contributed by atoms with Crippen molar-refractivity contribution in [1.82, 2.24) is 15.6 Å². The molecule has 4 heteroatoms. The SMILES string of the molecule is CNCC(=O)NC(C)c1ccc(-c2ccncc2)cc1. The van der Waals surface area contributed by atoms with Crippen LogP contribution < -0.4 is 10.6 Å². The van der Waals surface area contributed by atoms with Crippen LogP contribution >= 0.6 is 0 Å². The maximum absolute atomic E-state index is 11.5. The van der Waals surface area contributed by atoms with E-state index in [0.29, 0.717) is 6.54 Å². The van der Waals surface area contributed by atoms with Crippen molar-refractivity contribution in [3.8, 4) is 11.1 Å². The molecule has 1 atom stereocenters. The quantitative estimate of drug-likeness (QED) is 0.874. The number of amides is 1. The molecule has 0 aliphatic heterocycles. The minimum atomic E-state index is -0.00166. The summed E-state index contributed by atoms with van der Waals surface area (Å²) in [5, 5.41) is 5.78. The Bertz CT molecular complexity index is 552. The number of carbonyl (C=O) groups excluding carboxylic acids is 1. The van der Waals surface area contributed by atoms with Gasteiger partial charge in [0, 0.05) is 12.4 Å². The molecule has 4 nitrogen and oxygen atoms in total. The van der Waals surface area contributed by atoms with Gasteiger partial charge in [-0.25, -0.2) is 0 Å². The minimum absolute atomic E-state index is 0.00166. The van der Waals surface area contributed by atoms with E-state index in [1.54, 1.807) is 19.4 Å². The predicted octanol–water partition coefficient (Wildman–Crippen LogP) is 2.15. The normalized spacial score (nSPS) is 11.9. The predicted molar refractivity (Wildman–Crippen MR) is 80.2 cm³/mol. The summed E-state index contributed by atoms with van der Waals surface area (Å²) < 4.78 is 0. The molecule has 1 aromatic carbocycles. The Morgan fingerprint density at radius 1 is 1.10 bits per heavy atom. The molecule has 0 saturated heterocycles. The summed E-state index contributed by atoms with van der Waals surface area (Å²) in [5.74, 6) is -0.00166. The van der Waals surface area contributed by atoms with Crippen LogP contribution in [0.25, 0.3) is 11.1 Å². The van der Waals surface area contributed by atoms with Crippen LogP contribution in [0.1, 0.15) is 18.5 Å². The van der Waals surface area contributed by atoms with Gasteiger partial charge in [0.2, 0.25) is 5.91 Å². The highest BCUT2D eigenvalue weighted by molar-refractivity contribution is 5.78. The van der Waals surface area contributed by atoms with Crippen LogP contribution in [0, 0.1) is 0 Å². The number of aromatic nitrogens is 1. The van der Waals surface area contributed by atoms with E-state index in [1.807, 2.05) is 31.2 Å². The largest absolute Gasteiger partial charge is 0.348 e. The first-order valence-electron chi connectivity index (χ1n) is 6.65. The maximum atomic E-state index is 11.5. The third-order valence-electron chi connectivity index (χ3n) is 3.14. The number of hydrogen-bond donors (Lipinski definition) is 2. The van der Waals surface area contributed by atoms with Crippen LogP contribution in [0.3, 0.4) is 0 Å². The zero-order valence-corrected chi connectivity index (χ0v) is 11.8. The second-order valence-electron chi connectivity index (χ2n) is 4.68. The molecule has 2 rings (SSSR count). The highest BCUT2D eigenvalue weighted by Gasteiger charge is 2.08. The molecule has 1 heterocycles. The summed E-state index contributed by atoms with van der Waals surface area (Å²) in [6, 6.07) is 12.2. The third kappa shape index (κ3) is 3.65. The maximum Gasteiger partial charge on any atom is 0.234 e. The van der Waals surface area contributed by atoms with E-state index >= 15 is 0 Å². The topological polar surface area (TPSA) is 54.0 Å². The van der Waals surface area contributed by atoms with Crippen molar-refractivity contribution in [1.29, 1.82) is 0 Å². The van der Waals surface area contributed by atoms with Crippen molar-refractivity contribution >= 4 is 5.91 Å². The van der Waals surface area contributed by atoms with E-state index < -0.39 is 0 Å². The van der Waals surface area contributed by atoms with Gasteiger partial charge in [0.05, 0.1) is 12.6 Å². The first-order valence-corrected chi connectivity index (χ1v) is 6.65. The van der Waals surface area contributed by atoms with Gasteiger partial charge in [0.15, 0.2) is 0 Å². The molecule has 1 aromatic heterocycles. The molecule has 0 saturated carbocycles. The molecule has 0 aliphatic rings. The Labute approximate surface area is 119 Å². The number of pyridine rings is 1. The lowest BCUT2D eigenvalue weighted by Gasteiger charge is -2.14. The second-order valence-corrected chi connectivity index (χ2v) is 4.68. The van der Waals surface area contributed by atoms with Crippen LogP contribution in [-0.4, -0.2) is 24.5 Å².